The number of rotatable bonds is 6. The Morgan fingerprint density at radius 1 is 1.39 bits per heavy atom. The number of aromatic amines is 1. The molecule has 1 aliphatic rings. The zero-order valence-electron chi connectivity index (χ0n) is 15.4. The fourth-order valence-electron chi connectivity index (χ4n) is 3.37. The van der Waals surface area contributed by atoms with Crippen molar-refractivity contribution >= 4 is 44.3 Å². The van der Waals surface area contributed by atoms with Crippen molar-refractivity contribution in [1.29, 1.82) is 0 Å². The highest BCUT2D eigenvalue weighted by atomic mass is 35.5. The number of hydrogen-bond acceptors (Lipinski definition) is 5. The van der Waals surface area contributed by atoms with E-state index in [0.29, 0.717) is 29.0 Å². The van der Waals surface area contributed by atoms with Gasteiger partial charge in [-0.25, -0.2) is 4.98 Å². The van der Waals surface area contributed by atoms with E-state index in [9.17, 15) is 4.79 Å². The molecule has 1 N–H and O–H groups in total. The molecule has 5 nitrogen and oxygen atoms in total. The molecule has 7 heteroatoms. The summed E-state index contributed by atoms with van der Waals surface area (Å²) in [6.45, 7) is 4.03. The van der Waals surface area contributed by atoms with E-state index in [2.05, 4.69) is 16.5 Å². The van der Waals surface area contributed by atoms with Crippen molar-refractivity contribution in [2.75, 3.05) is 13.7 Å². The Hall–Kier alpha value is -2.57. The van der Waals surface area contributed by atoms with Gasteiger partial charge in [0.05, 0.1) is 17.5 Å². The van der Waals surface area contributed by atoms with Crippen molar-refractivity contribution < 1.29 is 9.47 Å². The molecule has 0 radical (unpaired) electrons. The van der Waals surface area contributed by atoms with Gasteiger partial charge in [-0.1, -0.05) is 30.3 Å². The third-order valence-corrected chi connectivity index (χ3v) is 6.11. The SMILES string of the molecule is C=CCOc1ccc(/C=C(\Cl)c2nc3sc4c(c3c(=O)[nH]2)CCC4)cc1OC. The Kier molecular flexibility index (Phi) is 5.24. The first-order valence-corrected chi connectivity index (χ1v) is 10.1. The third kappa shape index (κ3) is 3.45. The molecule has 0 bridgehead atoms. The molecule has 1 aliphatic carbocycles. The molecule has 0 saturated carbocycles. The number of methoxy groups -OCH3 is 1. The van der Waals surface area contributed by atoms with E-state index >= 15 is 0 Å². The molecule has 0 amide bonds. The van der Waals surface area contributed by atoms with E-state index in [1.54, 1.807) is 30.6 Å². The molecule has 28 heavy (non-hydrogen) atoms. The average molecular weight is 415 g/mol. The first kappa shape index (κ1) is 18.8. The number of nitrogens with zero attached hydrogens (tertiary/aromatic N) is 1. The van der Waals surface area contributed by atoms with Gasteiger partial charge in [-0.3, -0.25) is 4.79 Å². The van der Waals surface area contributed by atoms with Crippen molar-refractivity contribution in [2.45, 2.75) is 19.3 Å². The van der Waals surface area contributed by atoms with Gasteiger partial charge in [-0.2, -0.15) is 0 Å². The summed E-state index contributed by atoms with van der Waals surface area (Å²) in [4.78, 5) is 22.0. The maximum atomic E-state index is 12.6. The summed E-state index contributed by atoms with van der Waals surface area (Å²) in [5.41, 5.74) is 1.83. The van der Waals surface area contributed by atoms with E-state index < -0.39 is 0 Å². The van der Waals surface area contributed by atoms with Crippen molar-refractivity contribution in [2.24, 2.45) is 0 Å². The molecule has 0 atom stereocenters. The highest BCUT2D eigenvalue weighted by Crippen LogP contribution is 2.35. The quantitative estimate of drug-likeness (QED) is 0.589. The van der Waals surface area contributed by atoms with E-state index in [4.69, 9.17) is 21.1 Å². The molecule has 0 fully saturated rings. The Labute approximate surface area is 171 Å². The van der Waals surface area contributed by atoms with Gasteiger partial charge in [0, 0.05) is 4.88 Å². The lowest BCUT2D eigenvalue weighted by Gasteiger charge is -2.10. The predicted octanol–water partition coefficient (Wildman–Crippen LogP) is 4.78. The minimum Gasteiger partial charge on any atom is -0.493 e. The summed E-state index contributed by atoms with van der Waals surface area (Å²) in [6, 6.07) is 5.48. The first-order valence-electron chi connectivity index (χ1n) is 8.94. The van der Waals surface area contributed by atoms with Gasteiger partial charge in [0.2, 0.25) is 0 Å². The summed E-state index contributed by atoms with van der Waals surface area (Å²) in [5, 5.41) is 1.07. The number of H-pyrrole nitrogens is 1. The topological polar surface area (TPSA) is 64.2 Å². The fourth-order valence-corrected chi connectivity index (χ4v) is 4.85. The smallest absolute Gasteiger partial charge is 0.260 e. The highest BCUT2D eigenvalue weighted by molar-refractivity contribution is 7.18. The number of aromatic nitrogens is 2. The van der Waals surface area contributed by atoms with Crippen molar-refractivity contribution in [3.63, 3.8) is 0 Å². The van der Waals surface area contributed by atoms with E-state index in [0.717, 1.165) is 40.6 Å². The Morgan fingerprint density at radius 3 is 3.04 bits per heavy atom. The fraction of sp³-hybridized carbons (Fsp3) is 0.238. The molecule has 1 aromatic carbocycles. The average Bonchev–Trinajstić information content (AvgIpc) is 3.27. The van der Waals surface area contributed by atoms with Crippen LogP contribution < -0.4 is 15.0 Å². The maximum absolute atomic E-state index is 12.6. The molecule has 0 unspecified atom stereocenters. The van der Waals surface area contributed by atoms with Crippen LogP contribution in [0.4, 0.5) is 0 Å². The molecule has 4 rings (SSSR count). The summed E-state index contributed by atoms with van der Waals surface area (Å²) in [5.74, 6) is 1.58. The monoisotopic (exact) mass is 414 g/mol. The van der Waals surface area contributed by atoms with Gasteiger partial charge in [0.25, 0.3) is 5.56 Å². The second-order valence-electron chi connectivity index (χ2n) is 6.45. The van der Waals surface area contributed by atoms with Crippen LogP contribution in [0.3, 0.4) is 0 Å². The molecule has 0 aliphatic heterocycles. The van der Waals surface area contributed by atoms with Gasteiger partial charge in [0.15, 0.2) is 17.3 Å². The van der Waals surface area contributed by atoms with Gasteiger partial charge in [0.1, 0.15) is 11.4 Å². The van der Waals surface area contributed by atoms with Crippen LogP contribution >= 0.6 is 22.9 Å². The number of fused-ring (bicyclic) bond motifs is 3. The van der Waals surface area contributed by atoms with Crippen LogP contribution in [0, 0.1) is 0 Å². The highest BCUT2D eigenvalue weighted by Gasteiger charge is 2.21. The molecular formula is C21H19ClN2O3S. The number of benzene rings is 1. The molecule has 0 spiro atoms. The number of thiophene rings is 1. The molecule has 0 saturated heterocycles. The number of halogens is 1. The first-order chi connectivity index (χ1) is 13.6. The second kappa shape index (κ2) is 7.81. The lowest BCUT2D eigenvalue weighted by atomic mass is 10.1. The van der Waals surface area contributed by atoms with Gasteiger partial charge in [-0.05, 0) is 48.6 Å². The van der Waals surface area contributed by atoms with Crippen LogP contribution in [0.25, 0.3) is 21.3 Å². The van der Waals surface area contributed by atoms with Crippen molar-refractivity contribution in [1.82, 2.24) is 9.97 Å². The third-order valence-electron chi connectivity index (χ3n) is 4.64. The molecule has 3 aromatic rings. The van der Waals surface area contributed by atoms with Crippen LogP contribution in [-0.2, 0) is 12.8 Å². The van der Waals surface area contributed by atoms with E-state index in [1.165, 1.54) is 4.88 Å². The second-order valence-corrected chi connectivity index (χ2v) is 7.95. The predicted molar refractivity (Wildman–Crippen MR) is 115 cm³/mol. The van der Waals surface area contributed by atoms with Gasteiger partial charge >= 0.3 is 0 Å². The van der Waals surface area contributed by atoms with E-state index in [-0.39, 0.29) is 5.56 Å². The maximum Gasteiger partial charge on any atom is 0.260 e. The number of aryl methyl sites for hydroxylation is 2. The standard InChI is InChI=1S/C21H19ClN2O3S/c1-3-9-27-15-8-7-12(11-16(15)26-2)10-14(22)19-23-20(25)18-13-5-4-6-17(13)28-21(18)24-19/h3,7-8,10-11H,1,4-6,9H2,2H3,(H,23,24,25)/b14-10-. The molecule has 2 aromatic heterocycles. The normalized spacial score (nSPS) is 13.6. The van der Waals surface area contributed by atoms with E-state index in [1.807, 2.05) is 18.2 Å². The van der Waals surface area contributed by atoms with Crippen LogP contribution in [0.1, 0.15) is 28.2 Å². The lowest BCUT2D eigenvalue weighted by Crippen LogP contribution is -2.10. The number of hydrogen-bond donors (Lipinski definition) is 1. The molecule has 2 heterocycles. The van der Waals surface area contributed by atoms with Crippen molar-refractivity contribution in [3.8, 4) is 11.5 Å². The Balaban J connectivity index is 1.69. The zero-order chi connectivity index (χ0) is 19.7. The van der Waals surface area contributed by atoms with Gasteiger partial charge < -0.3 is 14.5 Å². The van der Waals surface area contributed by atoms with Crippen LogP contribution in [0.5, 0.6) is 11.5 Å². The molecular weight excluding hydrogens is 396 g/mol. The summed E-state index contributed by atoms with van der Waals surface area (Å²) in [7, 11) is 1.58. The van der Waals surface area contributed by atoms with Crippen molar-refractivity contribution in [3.05, 3.63) is 63.0 Å². The molecule has 144 valence electrons. The Bertz CT molecular complexity index is 1150. The zero-order valence-corrected chi connectivity index (χ0v) is 17.0. The summed E-state index contributed by atoms with van der Waals surface area (Å²) in [6.07, 6.45) is 6.49. The van der Waals surface area contributed by atoms with Gasteiger partial charge in [-0.15, -0.1) is 11.3 Å². The Morgan fingerprint density at radius 2 is 2.25 bits per heavy atom. The lowest BCUT2D eigenvalue weighted by molar-refractivity contribution is 0.326. The summed E-state index contributed by atoms with van der Waals surface area (Å²) >= 11 is 8.07. The number of nitrogens with one attached hydrogen (secondary N) is 1. The summed E-state index contributed by atoms with van der Waals surface area (Å²) < 4.78 is 10.9. The number of ether oxygens (including phenoxy) is 2. The largest absolute Gasteiger partial charge is 0.493 e. The van der Waals surface area contributed by atoms with Crippen LogP contribution in [0.15, 0.2) is 35.6 Å². The minimum atomic E-state index is -0.128. The van der Waals surface area contributed by atoms with Crippen LogP contribution in [0.2, 0.25) is 0 Å². The minimum absolute atomic E-state index is 0.128. The van der Waals surface area contributed by atoms with Crippen LogP contribution in [-0.4, -0.2) is 23.7 Å².